The van der Waals surface area contributed by atoms with Gasteiger partial charge in [-0.05, 0) is 41.7 Å². The zero-order valence-electron chi connectivity index (χ0n) is 14.3. The highest BCUT2D eigenvalue weighted by Gasteiger charge is 2.23. The summed E-state index contributed by atoms with van der Waals surface area (Å²) < 4.78 is 4.80. The van der Waals surface area contributed by atoms with Gasteiger partial charge in [0.1, 0.15) is 6.04 Å². The monoisotopic (exact) mass is 358 g/mol. The molecule has 0 bridgehead atoms. The molecule has 0 aliphatic carbocycles. The van der Waals surface area contributed by atoms with E-state index in [-0.39, 0.29) is 5.91 Å². The van der Waals surface area contributed by atoms with E-state index in [1.54, 1.807) is 23.9 Å². The second kappa shape index (κ2) is 9.13. The highest BCUT2D eigenvalue weighted by atomic mass is 32.2. The molecule has 0 fully saturated rings. The van der Waals surface area contributed by atoms with Crippen LogP contribution in [0.2, 0.25) is 0 Å². The van der Waals surface area contributed by atoms with Gasteiger partial charge in [0, 0.05) is 11.3 Å². The van der Waals surface area contributed by atoms with E-state index in [1.165, 1.54) is 7.11 Å². The van der Waals surface area contributed by atoms with E-state index in [9.17, 15) is 9.59 Å². The number of nitrogens with one attached hydrogen (secondary N) is 1. The number of nitrogens with two attached hydrogens (primary N) is 1. The molecule has 6 heteroatoms. The highest BCUT2D eigenvalue weighted by molar-refractivity contribution is 7.98. The summed E-state index contributed by atoms with van der Waals surface area (Å²) in [6, 6.07) is 14.1. The molecule has 0 radical (unpaired) electrons. The van der Waals surface area contributed by atoms with Gasteiger partial charge >= 0.3 is 5.97 Å². The number of ether oxygens (including phenoxy) is 1. The van der Waals surface area contributed by atoms with Crippen molar-refractivity contribution >= 4 is 29.3 Å². The van der Waals surface area contributed by atoms with Crippen molar-refractivity contribution in [1.29, 1.82) is 0 Å². The largest absolute Gasteiger partial charge is 0.467 e. The van der Waals surface area contributed by atoms with Crippen molar-refractivity contribution in [3.63, 3.8) is 0 Å². The van der Waals surface area contributed by atoms with Gasteiger partial charge in [-0.3, -0.25) is 4.79 Å². The van der Waals surface area contributed by atoms with E-state index in [2.05, 4.69) is 5.32 Å². The van der Waals surface area contributed by atoms with Crippen LogP contribution < -0.4 is 11.1 Å². The number of rotatable bonds is 7. The maximum atomic E-state index is 12.8. The van der Waals surface area contributed by atoms with Gasteiger partial charge in [0.15, 0.2) is 0 Å². The number of esters is 1. The van der Waals surface area contributed by atoms with Crippen LogP contribution in [0.4, 0.5) is 5.69 Å². The number of anilines is 1. The molecule has 25 heavy (non-hydrogen) atoms. The maximum Gasteiger partial charge on any atom is 0.328 e. The minimum absolute atomic E-state index is 0.345. The molecule has 0 spiro atoms. The van der Waals surface area contributed by atoms with Crippen LogP contribution in [0.3, 0.4) is 0 Å². The quantitative estimate of drug-likeness (QED) is 0.587. The van der Waals surface area contributed by atoms with Gasteiger partial charge in [-0.15, -0.1) is 0 Å². The summed E-state index contributed by atoms with van der Waals surface area (Å²) in [7, 11) is 1.32. The molecule has 5 nitrogen and oxygen atoms in total. The first-order chi connectivity index (χ1) is 12.1. The Balaban J connectivity index is 2.31. The van der Waals surface area contributed by atoms with Crippen molar-refractivity contribution in [2.45, 2.75) is 12.5 Å². The second-order valence-electron chi connectivity index (χ2n) is 5.50. The molecule has 1 unspecified atom stereocenters. The summed E-state index contributed by atoms with van der Waals surface area (Å²) in [5, 5.41) is 2.77. The summed E-state index contributed by atoms with van der Waals surface area (Å²) in [5.74, 6) is -0.0575. The lowest BCUT2D eigenvalue weighted by Crippen LogP contribution is -2.42. The van der Waals surface area contributed by atoms with Crippen molar-refractivity contribution in [3.8, 4) is 11.1 Å². The number of carbonyl (C=O) groups is 2. The van der Waals surface area contributed by atoms with Crippen LogP contribution in [0.5, 0.6) is 0 Å². The summed E-state index contributed by atoms with van der Waals surface area (Å²) in [4.78, 5) is 24.7. The van der Waals surface area contributed by atoms with Crippen molar-refractivity contribution in [2.24, 2.45) is 0 Å². The number of hydrogen-bond acceptors (Lipinski definition) is 5. The molecular formula is C19H22N2O3S. The topological polar surface area (TPSA) is 81.4 Å². The molecule has 132 valence electrons. The van der Waals surface area contributed by atoms with E-state index in [4.69, 9.17) is 10.5 Å². The van der Waals surface area contributed by atoms with Gasteiger partial charge in [-0.1, -0.05) is 36.4 Å². The molecule has 3 N–H and O–H groups in total. The Morgan fingerprint density at radius 3 is 2.56 bits per heavy atom. The molecular weight excluding hydrogens is 336 g/mol. The fourth-order valence-corrected chi connectivity index (χ4v) is 2.95. The first-order valence-electron chi connectivity index (χ1n) is 7.89. The van der Waals surface area contributed by atoms with Crippen molar-refractivity contribution < 1.29 is 14.3 Å². The lowest BCUT2D eigenvalue weighted by Gasteiger charge is -2.18. The highest BCUT2D eigenvalue weighted by Crippen LogP contribution is 2.25. The van der Waals surface area contributed by atoms with Gasteiger partial charge < -0.3 is 15.8 Å². The molecule has 0 aliphatic rings. The number of amides is 1. The minimum Gasteiger partial charge on any atom is -0.467 e. The van der Waals surface area contributed by atoms with Gasteiger partial charge in [0.25, 0.3) is 5.91 Å². The Hall–Kier alpha value is -2.47. The van der Waals surface area contributed by atoms with Crippen LogP contribution in [-0.2, 0) is 9.53 Å². The third-order valence-corrected chi connectivity index (χ3v) is 4.42. The van der Waals surface area contributed by atoms with Crippen LogP contribution in [0.25, 0.3) is 11.1 Å². The average Bonchev–Trinajstić information content (AvgIpc) is 2.64. The normalized spacial score (nSPS) is 11.6. The molecule has 2 rings (SSSR count). The number of nitrogen functional groups attached to an aromatic ring is 1. The van der Waals surface area contributed by atoms with Crippen LogP contribution in [0.1, 0.15) is 16.8 Å². The van der Waals surface area contributed by atoms with E-state index in [0.29, 0.717) is 17.7 Å². The first kappa shape index (κ1) is 18.9. The van der Waals surface area contributed by atoms with Crippen LogP contribution in [0, 0.1) is 0 Å². The van der Waals surface area contributed by atoms with Crippen molar-refractivity contribution in [1.82, 2.24) is 5.32 Å². The zero-order chi connectivity index (χ0) is 18.2. The predicted octanol–water partition coefficient (Wildman–Crippen LogP) is 2.96. The summed E-state index contributed by atoms with van der Waals surface area (Å²) in [6.07, 6.45) is 2.45. The number of methoxy groups -OCH3 is 1. The smallest absolute Gasteiger partial charge is 0.328 e. The molecule has 0 aromatic heterocycles. The number of benzene rings is 2. The van der Waals surface area contributed by atoms with Crippen LogP contribution in [-0.4, -0.2) is 37.0 Å². The molecule has 1 amide bonds. The average molecular weight is 358 g/mol. The SMILES string of the molecule is COC(=O)C(CCSC)NC(=O)c1cc(N)ccc1-c1ccccc1. The van der Waals surface area contributed by atoms with Crippen LogP contribution >= 0.6 is 11.8 Å². The Kier molecular flexibility index (Phi) is 6.89. The lowest BCUT2D eigenvalue weighted by atomic mass is 9.98. The summed E-state index contributed by atoms with van der Waals surface area (Å²) in [6.45, 7) is 0. The van der Waals surface area contributed by atoms with E-state index in [1.807, 2.05) is 42.7 Å². The Morgan fingerprint density at radius 1 is 1.20 bits per heavy atom. The lowest BCUT2D eigenvalue weighted by molar-refractivity contribution is -0.142. The van der Waals surface area contributed by atoms with Crippen LogP contribution in [0.15, 0.2) is 48.5 Å². The first-order valence-corrected chi connectivity index (χ1v) is 9.28. The fourth-order valence-electron chi connectivity index (χ4n) is 2.48. The Morgan fingerprint density at radius 2 is 1.92 bits per heavy atom. The van der Waals surface area contributed by atoms with E-state index >= 15 is 0 Å². The van der Waals surface area contributed by atoms with Crippen molar-refractivity contribution in [2.75, 3.05) is 24.9 Å². The number of carbonyl (C=O) groups excluding carboxylic acids is 2. The third-order valence-electron chi connectivity index (χ3n) is 3.77. The summed E-state index contributed by atoms with van der Waals surface area (Å²) >= 11 is 1.60. The molecule has 1 atom stereocenters. The molecule has 0 aliphatic heterocycles. The summed E-state index contributed by atoms with van der Waals surface area (Å²) in [5.41, 5.74) is 8.46. The number of hydrogen-bond donors (Lipinski definition) is 2. The van der Waals surface area contributed by atoms with E-state index < -0.39 is 12.0 Å². The number of thioether (sulfide) groups is 1. The molecule has 2 aromatic carbocycles. The van der Waals surface area contributed by atoms with Crippen molar-refractivity contribution in [3.05, 3.63) is 54.1 Å². The predicted molar refractivity (Wildman–Crippen MR) is 103 cm³/mol. The van der Waals surface area contributed by atoms with Gasteiger partial charge in [-0.2, -0.15) is 11.8 Å². The second-order valence-corrected chi connectivity index (χ2v) is 6.49. The molecule has 0 heterocycles. The Labute approximate surface area is 151 Å². The maximum absolute atomic E-state index is 12.8. The van der Waals surface area contributed by atoms with Gasteiger partial charge in [-0.25, -0.2) is 4.79 Å². The standard InChI is InChI=1S/C19H22N2O3S/c1-24-19(23)17(10-11-25-2)21-18(22)16-12-14(20)8-9-15(16)13-6-4-3-5-7-13/h3-9,12,17H,10-11,20H2,1-2H3,(H,21,22). The van der Waals surface area contributed by atoms with E-state index in [0.717, 1.165) is 16.9 Å². The van der Waals surface area contributed by atoms with Gasteiger partial charge in [0.05, 0.1) is 7.11 Å². The van der Waals surface area contributed by atoms with Gasteiger partial charge in [0.2, 0.25) is 0 Å². The Bertz CT molecular complexity index is 735. The minimum atomic E-state index is -0.685. The zero-order valence-corrected chi connectivity index (χ0v) is 15.1. The third kappa shape index (κ3) is 5.00. The molecule has 0 saturated carbocycles. The fraction of sp³-hybridized carbons (Fsp3) is 0.263. The molecule has 2 aromatic rings. The molecule has 0 saturated heterocycles.